The minimum Gasteiger partial charge on any atom is -0.388 e. The van der Waals surface area contributed by atoms with E-state index < -0.39 is 73.1 Å². The van der Waals surface area contributed by atoms with Crippen molar-refractivity contribution in [2.75, 3.05) is 39.3 Å². The van der Waals surface area contributed by atoms with Crippen molar-refractivity contribution in [3.05, 3.63) is 0 Å². The average Bonchev–Trinajstić information content (AvgIpc) is 2.89. The van der Waals surface area contributed by atoms with Crippen LogP contribution in [0.25, 0.3) is 0 Å². The Morgan fingerprint density at radius 3 is 2.37 bits per heavy atom. The standard InChI is InChI=1S/C23H49N7O8/c24-5-2-1-3-7-29-8-9-36-21-13(30-22(35)14(31)4-6-25)10-12(27)20(19(21)34)38-23-16(28)18(33)17(32)15(11-26)37-23/h12-21,23,29,31-34H,1-11,24-28H2,(H,30,35)/t12?,13-,14+,15?,16?,17+,18-,19+,20+,21?,23+/m1/s1. The summed E-state index contributed by atoms with van der Waals surface area (Å²) in [5.74, 6) is -0.647. The van der Waals surface area contributed by atoms with Crippen molar-refractivity contribution >= 4 is 5.91 Å². The Hall–Kier alpha value is -1.05. The summed E-state index contributed by atoms with van der Waals surface area (Å²) in [6, 6.07) is -2.65. The summed E-state index contributed by atoms with van der Waals surface area (Å²) in [5.41, 5.74) is 28.9. The molecular weight excluding hydrogens is 502 g/mol. The van der Waals surface area contributed by atoms with Crippen molar-refractivity contribution in [1.82, 2.24) is 10.6 Å². The number of carbonyl (C=O) groups is 1. The van der Waals surface area contributed by atoms with Gasteiger partial charge in [-0.15, -0.1) is 0 Å². The van der Waals surface area contributed by atoms with Crippen LogP contribution in [0, 0.1) is 0 Å². The predicted octanol–water partition coefficient (Wildman–Crippen LogP) is -5.51. The van der Waals surface area contributed by atoms with Crippen LogP contribution in [0.1, 0.15) is 32.1 Å². The molecule has 11 atom stereocenters. The zero-order valence-electron chi connectivity index (χ0n) is 21.9. The summed E-state index contributed by atoms with van der Waals surface area (Å²) in [6.07, 6.45) is -6.23. The number of nitrogens with two attached hydrogens (primary N) is 5. The first-order chi connectivity index (χ1) is 18.2. The van der Waals surface area contributed by atoms with Crippen molar-refractivity contribution < 1.29 is 39.4 Å². The zero-order valence-corrected chi connectivity index (χ0v) is 21.9. The monoisotopic (exact) mass is 551 g/mol. The van der Waals surface area contributed by atoms with Crippen LogP contribution in [0.2, 0.25) is 0 Å². The van der Waals surface area contributed by atoms with E-state index >= 15 is 0 Å². The molecule has 1 amide bonds. The van der Waals surface area contributed by atoms with Gasteiger partial charge in [0.25, 0.3) is 0 Å². The molecule has 1 saturated carbocycles. The molecule has 224 valence electrons. The van der Waals surface area contributed by atoms with Gasteiger partial charge in [-0.25, -0.2) is 0 Å². The van der Waals surface area contributed by atoms with Gasteiger partial charge >= 0.3 is 0 Å². The van der Waals surface area contributed by atoms with Crippen LogP contribution >= 0.6 is 0 Å². The first-order valence-corrected chi connectivity index (χ1v) is 13.4. The molecule has 4 unspecified atom stereocenters. The fourth-order valence-electron chi connectivity index (χ4n) is 4.73. The number of ether oxygens (including phenoxy) is 3. The summed E-state index contributed by atoms with van der Waals surface area (Å²) in [4.78, 5) is 12.5. The summed E-state index contributed by atoms with van der Waals surface area (Å²) < 4.78 is 17.6. The minimum absolute atomic E-state index is 0.0753. The number of hydrogen-bond donors (Lipinski definition) is 11. The highest BCUT2D eigenvalue weighted by atomic mass is 16.7. The summed E-state index contributed by atoms with van der Waals surface area (Å²) in [7, 11) is 0. The van der Waals surface area contributed by atoms with Crippen LogP contribution in [0.4, 0.5) is 0 Å². The Labute approximate surface area is 223 Å². The van der Waals surface area contributed by atoms with E-state index in [2.05, 4.69) is 10.6 Å². The summed E-state index contributed by atoms with van der Waals surface area (Å²) in [6.45, 7) is 2.20. The van der Waals surface area contributed by atoms with E-state index in [-0.39, 0.29) is 32.5 Å². The van der Waals surface area contributed by atoms with Crippen LogP contribution in [-0.4, -0.2) is 133 Å². The lowest BCUT2D eigenvalue weighted by Gasteiger charge is -2.47. The number of rotatable bonds is 16. The first-order valence-electron chi connectivity index (χ1n) is 13.4. The van der Waals surface area contributed by atoms with E-state index in [9.17, 15) is 25.2 Å². The van der Waals surface area contributed by atoms with E-state index in [4.69, 9.17) is 42.9 Å². The molecule has 2 aliphatic rings. The molecule has 0 spiro atoms. The maximum atomic E-state index is 12.5. The molecule has 0 radical (unpaired) electrons. The molecule has 2 rings (SSSR count). The lowest BCUT2D eigenvalue weighted by Crippen LogP contribution is -2.68. The molecule has 0 aromatic heterocycles. The maximum absolute atomic E-state index is 12.5. The van der Waals surface area contributed by atoms with Gasteiger partial charge in [-0.05, 0) is 45.3 Å². The number of hydrogen-bond acceptors (Lipinski definition) is 14. The van der Waals surface area contributed by atoms with Crippen molar-refractivity contribution in [2.24, 2.45) is 28.7 Å². The minimum atomic E-state index is -1.36. The van der Waals surface area contributed by atoms with Gasteiger partial charge in [-0.2, -0.15) is 0 Å². The molecule has 38 heavy (non-hydrogen) atoms. The number of carbonyl (C=O) groups excluding carboxylic acids is 1. The third-order valence-corrected chi connectivity index (χ3v) is 7.01. The van der Waals surface area contributed by atoms with Gasteiger partial charge in [0.2, 0.25) is 5.91 Å². The van der Waals surface area contributed by atoms with Gasteiger partial charge in [0.15, 0.2) is 6.29 Å². The van der Waals surface area contributed by atoms with E-state index in [1.807, 2.05) is 0 Å². The number of nitrogens with one attached hydrogen (secondary N) is 2. The van der Waals surface area contributed by atoms with Gasteiger partial charge in [0.05, 0.1) is 18.7 Å². The van der Waals surface area contributed by atoms with Gasteiger partial charge in [0.1, 0.15) is 42.7 Å². The number of aliphatic hydroxyl groups excluding tert-OH is 4. The molecule has 1 aliphatic heterocycles. The van der Waals surface area contributed by atoms with Gasteiger partial charge in [-0.1, -0.05) is 6.42 Å². The molecule has 1 saturated heterocycles. The SMILES string of the molecule is NCCCCCNCCOC1[C@@H](O)[C@@H](O[C@@H]2OC(CN)[C@H](O)[C@H](O)C2N)C(N)C[C@H]1NC(=O)[C@@H](O)CCN. The lowest BCUT2D eigenvalue weighted by molar-refractivity contribution is -0.289. The quantitative estimate of drug-likeness (QED) is 0.0798. The smallest absolute Gasteiger partial charge is 0.249 e. The highest BCUT2D eigenvalue weighted by Crippen LogP contribution is 2.29. The second-order valence-electron chi connectivity index (χ2n) is 9.97. The molecule has 15 heteroatoms. The summed E-state index contributed by atoms with van der Waals surface area (Å²) in [5, 5.41) is 47.7. The lowest BCUT2D eigenvalue weighted by atomic mass is 9.83. The maximum Gasteiger partial charge on any atom is 0.249 e. The Bertz CT molecular complexity index is 682. The van der Waals surface area contributed by atoms with E-state index in [0.717, 1.165) is 25.8 Å². The molecule has 16 N–H and O–H groups in total. The van der Waals surface area contributed by atoms with Crippen molar-refractivity contribution in [3.63, 3.8) is 0 Å². The van der Waals surface area contributed by atoms with Crippen LogP contribution in [-0.2, 0) is 19.0 Å². The van der Waals surface area contributed by atoms with Crippen LogP contribution in [0.5, 0.6) is 0 Å². The fourth-order valence-corrected chi connectivity index (χ4v) is 4.73. The molecular formula is C23H49N7O8. The number of aliphatic hydroxyl groups is 4. The second-order valence-corrected chi connectivity index (χ2v) is 9.97. The second kappa shape index (κ2) is 16.9. The third kappa shape index (κ3) is 9.26. The van der Waals surface area contributed by atoms with Crippen LogP contribution in [0.3, 0.4) is 0 Å². The molecule has 0 aromatic carbocycles. The zero-order chi connectivity index (χ0) is 28.2. The van der Waals surface area contributed by atoms with E-state index in [1.165, 1.54) is 0 Å². The third-order valence-electron chi connectivity index (χ3n) is 7.01. The molecule has 1 aliphatic carbocycles. The Balaban J connectivity index is 2.07. The Morgan fingerprint density at radius 2 is 1.71 bits per heavy atom. The molecule has 15 nitrogen and oxygen atoms in total. The van der Waals surface area contributed by atoms with Gasteiger partial charge < -0.3 is 73.9 Å². The highest BCUT2D eigenvalue weighted by Gasteiger charge is 2.49. The number of unbranched alkanes of at least 4 members (excludes halogenated alkanes) is 2. The Morgan fingerprint density at radius 1 is 0.974 bits per heavy atom. The highest BCUT2D eigenvalue weighted by molar-refractivity contribution is 5.80. The van der Waals surface area contributed by atoms with Crippen LogP contribution in [0.15, 0.2) is 0 Å². The predicted molar refractivity (Wildman–Crippen MR) is 138 cm³/mol. The Kier molecular flexibility index (Phi) is 14.8. The normalized spacial score (nSPS) is 36.7. The first kappa shape index (κ1) is 33.2. The molecule has 0 aromatic rings. The largest absolute Gasteiger partial charge is 0.388 e. The van der Waals surface area contributed by atoms with Crippen molar-refractivity contribution in [2.45, 2.75) is 99.2 Å². The van der Waals surface area contributed by atoms with Crippen LogP contribution < -0.4 is 39.3 Å². The average molecular weight is 552 g/mol. The molecule has 0 bridgehead atoms. The summed E-state index contributed by atoms with van der Waals surface area (Å²) >= 11 is 0. The topological polar surface area (TPSA) is 280 Å². The molecule has 2 fully saturated rings. The van der Waals surface area contributed by atoms with Gasteiger partial charge in [0, 0.05) is 19.1 Å². The van der Waals surface area contributed by atoms with Crippen molar-refractivity contribution in [1.29, 1.82) is 0 Å². The van der Waals surface area contributed by atoms with Crippen molar-refractivity contribution in [3.8, 4) is 0 Å². The fraction of sp³-hybridized carbons (Fsp3) is 0.957. The molecule has 1 heterocycles. The number of amides is 1. The van der Waals surface area contributed by atoms with E-state index in [0.29, 0.717) is 13.1 Å². The van der Waals surface area contributed by atoms with E-state index in [1.54, 1.807) is 0 Å². The van der Waals surface area contributed by atoms with Gasteiger partial charge in [-0.3, -0.25) is 4.79 Å².